The molecule has 0 atom stereocenters. The molecule has 0 aromatic carbocycles. The quantitative estimate of drug-likeness (QED) is 0.642. The van der Waals surface area contributed by atoms with Crippen molar-refractivity contribution in [2.45, 2.75) is 12.0 Å². The molecule has 0 radical (unpaired) electrons. The van der Waals surface area contributed by atoms with Crippen LogP contribution in [0.3, 0.4) is 0 Å². The summed E-state index contributed by atoms with van der Waals surface area (Å²) in [6, 6.07) is 0. The third kappa shape index (κ3) is 1.00. The molecule has 3 heteroatoms. The van der Waals surface area contributed by atoms with E-state index in [1.807, 2.05) is 0 Å². The van der Waals surface area contributed by atoms with E-state index >= 15 is 0 Å². The molecule has 3 saturated heterocycles. The molecule has 56 valence electrons. The van der Waals surface area contributed by atoms with Gasteiger partial charge in [0.25, 0.3) is 0 Å². The van der Waals surface area contributed by atoms with Gasteiger partial charge in [-0.3, -0.25) is 4.90 Å². The summed E-state index contributed by atoms with van der Waals surface area (Å²) >= 11 is 2.24. The highest BCUT2D eigenvalue weighted by Crippen LogP contribution is 2.34. The second kappa shape index (κ2) is 2.19. The SMILES string of the molecule is OC12C/C(=C\I)CN(C1)C2. The van der Waals surface area contributed by atoms with Crippen molar-refractivity contribution >= 4 is 22.6 Å². The van der Waals surface area contributed by atoms with Gasteiger partial charge in [0.1, 0.15) is 0 Å². The van der Waals surface area contributed by atoms with Gasteiger partial charge in [0.2, 0.25) is 0 Å². The van der Waals surface area contributed by atoms with E-state index in [4.69, 9.17) is 0 Å². The zero-order valence-electron chi connectivity index (χ0n) is 5.68. The van der Waals surface area contributed by atoms with Crippen molar-refractivity contribution in [2.75, 3.05) is 19.6 Å². The van der Waals surface area contributed by atoms with Gasteiger partial charge in [-0.15, -0.1) is 0 Å². The van der Waals surface area contributed by atoms with Crippen LogP contribution < -0.4 is 0 Å². The lowest BCUT2D eigenvalue weighted by molar-refractivity contribution is -0.112. The molecule has 2 bridgehead atoms. The minimum atomic E-state index is -0.352. The molecule has 3 aliphatic heterocycles. The predicted molar refractivity (Wildman–Crippen MR) is 48.1 cm³/mol. The maximum Gasteiger partial charge on any atom is 0.0937 e. The van der Waals surface area contributed by atoms with E-state index in [-0.39, 0.29) is 5.60 Å². The average molecular weight is 251 g/mol. The van der Waals surface area contributed by atoms with E-state index < -0.39 is 0 Å². The number of hydrogen-bond donors (Lipinski definition) is 1. The van der Waals surface area contributed by atoms with E-state index in [9.17, 15) is 5.11 Å². The van der Waals surface area contributed by atoms with Crippen LogP contribution in [0, 0.1) is 0 Å². The molecule has 1 N–H and O–H groups in total. The summed E-state index contributed by atoms with van der Waals surface area (Å²) in [5.41, 5.74) is 1.02. The Balaban J connectivity index is 2.12. The lowest BCUT2D eigenvalue weighted by Gasteiger charge is -2.52. The second-order valence-electron chi connectivity index (χ2n) is 3.31. The van der Waals surface area contributed by atoms with Crippen molar-refractivity contribution in [3.05, 3.63) is 9.66 Å². The summed E-state index contributed by atoms with van der Waals surface area (Å²) in [6.07, 6.45) is 0.895. The van der Waals surface area contributed by atoms with Gasteiger partial charge in [0, 0.05) is 26.1 Å². The van der Waals surface area contributed by atoms with E-state index in [0.717, 1.165) is 26.1 Å². The molecule has 0 amide bonds. The molecule has 0 aromatic heterocycles. The van der Waals surface area contributed by atoms with Gasteiger partial charge in [0.15, 0.2) is 0 Å². The number of hydrogen-bond acceptors (Lipinski definition) is 2. The molecule has 0 aromatic rings. The number of halogens is 1. The lowest BCUT2D eigenvalue weighted by Crippen LogP contribution is -2.65. The highest BCUT2D eigenvalue weighted by Gasteiger charge is 2.45. The normalized spacial score (nSPS) is 49.0. The Kier molecular flexibility index (Phi) is 1.54. The molecule has 3 aliphatic rings. The summed E-state index contributed by atoms with van der Waals surface area (Å²) in [5, 5.41) is 9.66. The van der Waals surface area contributed by atoms with Crippen LogP contribution in [0.5, 0.6) is 0 Å². The first kappa shape index (κ1) is 7.06. The summed E-state index contributed by atoms with van der Waals surface area (Å²) in [6.45, 7) is 2.85. The first-order valence-corrected chi connectivity index (χ1v) is 4.69. The molecule has 0 unspecified atom stereocenters. The van der Waals surface area contributed by atoms with Gasteiger partial charge in [-0.1, -0.05) is 22.6 Å². The Morgan fingerprint density at radius 1 is 1.60 bits per heavy atom. The highest BCUT2D eigenvalue weighted by molar-refractivity contribution is 14.1. The van der Waals surface area contributed by atoms with Crippen molar-refractivity contribution in [3.8, 4) is 0 Å². The Hall–Kier alpha value is 0.390. The molecule has 2 nitrogen and oxygen atoms in total. The standard InChI is InChI=1S/C7H10INO/c8-2-6-1-7(10)4-9(3-6)5-7/h2,10H,1,3-5H2/b6-2+. The zero-order chi connectivity index (χ0) is 7.19. The Morgan fingerprint density at radius 3 is 2.70 bits per heavy atom. The summed E-state index contributed by atoms with van der Waals surface area (Å²) in [7, 11) is 0. The van der Waals surface area contributed by atoms with Crippen LogP contribution in [0.2, 0.25) is 0 Å². The fourth-order valence-corrected chi connectivity index (χ4v) is 2.27. The highest BCUT2D eigenvalue weighted by atomic mass is 127. The van der Waals surface area contributed by atoms with Crippen LogP contribution in [-0.4, -0.2) is 35.2 Å². The maximum atomic E-state index is 9.66. The number of aliphatic hydroxyl groups is 1. The van der Waals surface area contributed by atoms with Crippen LogP contribution >= 0.6 is 22.6 Å². The Morgan fingerprint density at radius 2 is 2.30 bits per heavy atom. The number of fused-ring (bicyclic) bond motifs is 2. The third-order valence-corrected chi connectivity index (χ3v) is 3.05. The van der Waals surface area contributed by atoms with Gasteiger partial charge < -0.3 is 5.11 Å². The summed E-state index contributed by atoms with van der Waals surface area (Å²) in [5.74, 6) is 0. The van der Waals surface area contributed by atoms with E-state index in [1.54, 1.807) is 0 Å². The van der Waals surface area contributed by atoms with E-state index in [2.05, 4.69) is 31.6 Å². The van der Waals surface area contributed by atoms with Gasteiger partial charge in [-0.05, 0) is 9.66 Å². The Labute approximate surface area is 74.0 Å². The van der Waals surface area contributed by atoms with Crippen molar-refractivity contribution in [2.24, 2.45) is 0 Å². The maximum absolute atomic E-state index is 9.66. The van der Waals surface area contributed by atoms with Gasteiger partial charge >= 0.3 is 0 Å². The first-order valence-electron chi connectivity index (χ1n) is 3.45. The van der Waals surface area contributed by atoms with Crippen molar-refractivity contribution < 1.29 is 5.11 Å². The minimum Gasteiger partial charge on any atom is -0.387 e. The van der Waals surface area contributed by atoms with Crippen molar-refractivity contribution in [3.63, 3.8) is 0 Å². The van der Waals surface area contributed by atoms with Crippen LogP contribution in [0.1, 0.15) is 6.42 Å². The molecular formula is C7H10INO. The largest absolute Gasteiger partial charge is 0.387 e. The van der Waals surface area contributed by atoms with E-state index in [1.165, 1.54) is 5.57 Å². The summed E-state index contributed by atoms with van der Waals surface area (Å²) in [4.78, 5) is 2.27. The molecule has 3 rings (SSSR count). The van der Waals surface area contributed by atoms with E-state index in [0.29, 0.717) is 0 Å². The number of rotatable bonds is 0. The van der Waals surface area contributed by atoms with Gasteiger partial charge in [-0.2, -0.15) is 0 Å². The molecule has 0 spiro atoms. The third-order valence-electron chi connectivity index (χ3n) is 2.17. The fraction of sp³-hybridized carbons (Fsp3) is 0.714. The smallest absolute Gasteiger partial charge is 0.0937 e. The number of piperidine rings is 2. The molecule has 3 heterocycles. The molecule has 10 heavy (non-hydrogen) atoms. The Bertz CT molecular complexity index is 184. The number of nitrogens with zero attached hydrogens (tertiary/aromatic N) is 1. The molecule has 3 fully saturated rings. The molecule has 0 aliphatic carbocycles. The van der Waals surface area contributed by atoms with Crippen LogP contribution in [-0.2, 0) is 0 Å². The monoisotopic (exact) mass is 251 g/mol. The second-order valence-corrected chi connectivity index (χ2v) is 3.94. The lowest BCUT2D eigenvalue weighted by atomic mass is 9.82. The molecule has 0 saturated carbocycles. The topological polar surface area (TPSA) is 23.5 Å². The van der Waals surface area contributed by atoms with Crippen molar-refractivity contribution in [1.82, 2.24) is 4.90 Å². The van der Waals surface area contributed by atoms with Gasteiger partial charge in [0.05, 0.1) is 5.60 Å². The first-order chi connectivity index (χ1) is 4.72. The van der Waals surface area contributed by atoms with Crippen molar-refractivity contribution in [1.29, 1.82) is 0 Å². The zero-order valence-corrected chi connectivity index (χ0v) is 7.84. The van der Waals surface area contributed by atoms with Crippen LogP contribution in [0.25, 0.3) is 0 Å². The fourth-order valence-electron chi connectivity index (χ4n) is 1.85. The van der Waals surface area contributed by atoms with Gasteiger partial charge in [-0.25, -0.2) is 0 Å². The average Bonchev–Trinajstić information content (AvgIpc) is 1.85. The predicted octanol–water partition coefficient (Wildman–Crippen LogP) is 0.756. The molecular weight excluding hydrogens is 241 g/mol. The van der Waals surface area contributed by atoms with Crippen LogP contribution in [0.15, 0.2) is 9.66 Å². The minimum absolute atomic E-state index is 0.352. The summed E-state index contributed by atoms with van der Waals surface area (Å²) < 4.78 is 2.09. The van der Waals surface area contributed by atoms with Crippen LogP contribution in [0.4, 0.5) is 0 Å².